The predicted molar refractivity (Wildman–Crippen MR) is 132 cm³/mol. The molecular weight excluding hydrogens is 452 g/mol. The molecule has 2 heterocycles. The molecule has 0 amide bonds. The highest BCUT2D eigenvalue weighted by Crippen LogP contribution is 2.41. The summed E-state index contributed by atoms with van der Waals surface area (Å²) in [6.07, 6.45) is 3.48. The van der Waals surface area contributed by atoms with Gasteiger partial charge in [-0.25, -0.2) is 4.99 Å². The number of halogens is 1. The average Bonchev–Trinajstić information content (AvgIpc) is 3.15. The molecule has 1 aromatic heterocycles. The Kier molecular flexibility index (Phi) is 4.82. The molecule has 1 aliphatic carbocycles. The summed E-state index contributed by atoms with van der Waals surface area (Å²) in [5.41, 5.74) is 6.04. The van der Waals surface area contributed by atoms with Crippen LogP contribution in [0.2, 0.25) is 5.02 Å². The zero-order valence-electron chi connectivity index (χ0n) is 17.5. The SMILES string of the molecule is O=c1c(=Cc2cc(Cl)ccc2O)sc2n1[C@@H](c1ccccc1)C1=C(N=2)c2ccccc2CC1. The van der Waals surface area contributed by atoms with Crippen molar-refractivity contribution in [3.63, 3.8) is 0 Å². The van der Waals surface area contributed by atoms with Crippen LogP contribution in [0.3, 0.4) is 0 Å². The third-order valence-electron chi connectivity index (χ3n) is 6.26. The first-order valence-electron chi connectivity index (χ1n) is 10.8. The zero-order valence-corrected chi connectivity index (χ0v) is 19.1. The normalized spacial score (nSPS) is 17.2. The summed E-state index contributed by atoms with van der Waals surface area (Å²) in [6, 6.07) is 23.1. The molecule has 6 rings (SSSR count). The van der Waals surface area contributed by atoms with Crippen molar-refractivity contribution in [2.75, 3.05) is 0 Å². The van der Waals surface area contributed by atoms with Crippen LogP contribution in [-0.2, 0) is 6.42 Å². The fraction of sp³-hybridized carbons (Fsp3) is 0.111. The van der Waals surface area contributed by atoms with E-state index in [0.29, 0.717) is 19.9 Å². The Morgan fingerprint density at radius 1 is 1.03 bits per heavy atom. The first-order chi connectivity index (χ1) is 16.1. The van der Waals surface area contributed by atoms with Crippen LogP contribution in [0.1, 0.15) is 34.7 Å². The number of hydrogen-bond acceptors (Lipinski definition) is 4. The molecule has 0 saturated carbocycles. The number of aromatic nitrogens is 1. The van der Waals surface area contributed by atoms with Crippen LogP contribution < -0.4 is 14.9 Å². The van der Waals surface area contributed by atoms with Crippen LogP contribution in [-0.4, -0.2) is 9.67 Å². The molecule has 0 fully saturated rings. The summed E-state index contributed by atoms with van der Waals surface area (Å²) in [5, 5.41) is 10.8. The quantitative estimate of drug-likeness (QED) is 0.462. The van der Waals surface area contributed by atoms with Crippen LogP contribution in [0, 0.1) is 0 Å². The van der Waals surface area contributed by atoms with Gasteiger partial charge in [-0.3, -0.25) is 9.36 Å². The Morgan fingerprint density at radius 3 is 2.67 bits per heavy atom. The van der Waals surface area contributed by atoms with Crippen molar-refractivity contribution in [2.24, 2.45) is 4.99 Å². The maximum absolute atomic E-state index is 13.7. The Labute approximate surface area is 199 Å². The van der Waals surface area contributed by atoms with E-state index in [-0.39, 0.29) is 17.4 Å². The molecule has 33 heavy (non-hydrogen) atoms. The molecule has 0 unspecified atom stereocenters. The van der Waals surface area contributed by atoms with Crippen LogP contribution in [0.5, 0.6) is 5.75 Å². The highest BCUT2D eigenvalue weighted by molar-refractivity contribution is 7.07. The van der Waals surface area contributed by atoms with Crippen LogP contribution >= 0.6 is 22.9 Å². The molecule has 162 valence electrons. The number of phenols is 1. The lowest BCUT2D eigenvalue weighted by atomic mass is 9.83. The number of aryl methyl sites for hydroxylation is 1. The van der Waals surface area contributed by atoms with Gasteiger partial charge in [-0.05, 0) is 53.8 Å². The van der Waals surface area contributed by atoms with Crippen molar-refractivity contribution in [3.05, 3.63) is 125 Å². The summed E-state index contributed by atoms with van der Waals surface area (Å²) >= 11 is 7.46. The minimum atomic E-state index is -0.207. The van der Waals surface area contributed by atoms with Crippen molar-refractivity contribution >= 4 is 34.7 Å². The van der Waals surface area contributed by atoms with Crippen LogP contribution in [0.25, 0.3) is 11.8 Å². The van der Waals surface area contributed by atoms with Crippen molar-refractivity contribution in [1.82, 2.24) is 4.57 Å². The van der Waals surface area contributed by atoms with Gasteiger partial charge in [0, 0.05) is 16.1 Å². The number of fused-ring (bicyclic) bond motifs is 3. The van der Waals surface area contributed by atoms with E-state index >= 15 is 0 Å². The number of hydrogen-bond donors (Lipinski definition) is 1. The van der Waals surface area contributed by atoms with E-state index in [1.165, 1.54) is 28.5 Å². The Bertz CT molecular complexity index is 1620. The Hall–Kier alpha value is -3.41. The summed E-state index contributed by atoms with van der Waals surface area (Å²) in [7, 11) is 0. The molecule has 3 aromatic carbocycles. The molecule has 0 bridgehead atoms. The van der Waals surface area contributed by atoms with Gasteiger partial charge in [0.15, 0.2) is 4.80 Å². The molecule has 0 radical (unpaired) electrons. The second-order valence-corrected chi connectivity index (χ2v) is 9.67. The minimum absolute atomic E-state index is 0.0815. The molecule has 6 heteroatoms. The molecule has 0 spiro atoms. The third-order valence-corrected chi connectivity index (χ3v) is 7.48. The van der Waals surface area contributed by atoms with Crippen molar-refractivity contribution in [3.8, 4) is 5.75 Å². The van der Waals surface area contributed by atoms with E-state index in [1.54, 1.807) is 22.8 Å². The maximum atomic E-state index is 13.7. The van der Waals surface area contributed by atoms with E-state index in [9.17, 15) is 9.90 Å². The fourth-order valence-corrected chi connectivity index (χ4v) is 5.91. The molecule has 4 nitrogen and oxygen atoms in total. The maximum Gasteiger partial charge on any atom is 0.271 e. The third kappa shape index (κ3) is 3.36. The van der Waals surface area contributed by atoms with Gasteiger partial charge in [0.05, 0.1) is 16.3 Å². The van der Waals surface area contributed by atoms with E-state index in [4.69, 9.17) is 16.6 Å². The second kappa shape index (κ2) is 7.87. The summed E-state index contributed by atoms with van der Waals surface area (Å²) in [5.74, 6) is 0.0815. The summed E-state index contributed by atoms with van der Waals surface area (Å²) < 4.78 is 2.32. The summed E-state index contributed by atoms with van der Waals surface area (Å²) in [6.45, 7) is 0. The number of nitrogens with zero attached hydrogens (tertiary/aromatic N) is 2. The predicted octanol–water partition coefficient (Wildman–Crippen LogP) is 4.68. The number of benzene rings is 3. The first kappa shape index (κ1) is 20.2. The Morgan fingerprint density at radius 2 is 1.82 bits per heavy atom. The topological polar surface area (TPSA) is 54.6 Å². The minimum Gasteiger partial charge on any atom is -0.507 e. The van der Waals surface area contributed by atoms with Crippen molar-refractivity contribution in [2.45, 2.75) is 18.9 Å². The van der Waals surface area contributed by atoms with E-state index in [1.807, 2.05) is 24.3 Å². The van der Waals surface area contributed by atoms with E-state index in [2.05, 4.69) is 30.3 Å². The number of thiazole rings is 1. The molecule has 4 aromatic rings. The van der Waals surface area contributed by atoms with Gasteiger partial charge in [-0.15, -0.1) is 0 Å². The Balaban J connectivity index is 1.64. The molecule has 1 atom stereocenters. The van der Waals surface area contributed by atoms with E-state index in [0.717, 1.165) is 29.7 Å². The first-order valence-corrected chi connectivity index (χ1v) is 12.0. The van der Waals surface area contributed by atoms with Gasteiger partial charge in [-0.1, -0.05) is 77.5 Å². The zero-order chi connectivity index (χ0) is 22.5. The number of aromatic hydroxyl groups is 1. The van der Waals surface area contributed by atoms with Gasteiger partial charge in [-0.2, -0.15) is 0 Å². The smallest absolute Gasteiger partial charge is 0.271 e. The lowest BCUT2D eigenvalue weighted by Crippen LogP contribution is -2.38. The monoisotopic (exact) mass is 470 g/mol. The standard InChI is InChI=1S/C27H19ClN2O2S/c28-19-11-13-22(31)18(14-19)15-23-26(32)30-25(17-7-2-1-3-8-17)21-12-10-16-6-4-5-9-20(16)24(21)29-27(30)33-23/h1-9,11,13-15,25,31H,10,12H2/t25-/m0/s1. The number of rotatable bonds is 2. The highest BCUT2D eigenvalue weighted by Gasteiger charge is 2.32. The lowest BCUT2D eigenvalue weighted by Gasteiger charge is -2.30. The summed E-state index contributed by atoms with van der Waals surface area (Å²) in [4.78, 5) is 19.3. The molecule has 0 saturated heterocycles. The highest BCUT2D eigenvalue weighted by atomic mass is 35.5. The number of allylic oxidation sites excluding steroid dienone is 1. The fourth-order valence-electron chi connectivity index (χ4n) is 4.74. The molecule has 1 aliphatic heterocycles. The molecular formula is C27H19ClN2O2S. The molecule has 2 aliphatic rings. The van der Waals surface area contributed by atoms with Gasteiger partial charge < -0.3 is 5.11 Å². The van der Waals surface area contributed by atoms with E-state index < -0.39 is 0 Å². The molecule has 1 N–H and O–H groups in total. The number of phenolic OH excluding ortho intramolecular Hbond substituents is 1. The average molecular weight is 471 g/mol. The second-order valence-electron chi connectivity index (χ2n) is 8.23. The van der Waals surface area contributed by atoms with Gasteiger partial charge >= 0.3 is 0 Å². The van der Waals surface area contributed by atoms with Gasteiger partial charge in [0.2, 0.25) is 0 Å². The van der Waals surface area contributed by atoms with Crippen LogP contribution in [0.4, 0.5) is 0 Å². The van der Waals surface area contributed by atoms with Gasteiger partial charge in [0.1, 0.15) is 5.75 Å². The van der Waals surface area contributed by atoms with Crippen molar-refractivity contribution in [1.29, 1.82) is 0 Å². The lowest BCUT2D eigenvalue weighted by molar-refractivity contribution is 0.474. The largest absolute Gasteiger partial charge is 0.507 e. The van der Waals surface area contributed by atoms with Gasteiger partial charge in [0.25, 0.3) is 5.56 Å². The van der Waals surface area contributed by atoms with Crippen LogP contribution in [0.15, 0.2) is 88.2 Å². The van der Waals surface area contributed by atoms with Crippen molar-refractivity contribution < 1.29 is 5.11 Å².